The van der Waals surface area contributed by atoms with Crippen LogP contribution in [0, 0.1) is 6.92 Å². The quantitative estimate of drug-likeness (QED) is 0.900. The molecule has 1 aromatic heterocycles. The minimum Gasteiger partial charge on any atom is -0.478 e. The number of carboxylic acid groups (broad SMARTS) is 1. The third-order valence-electron chi connectivity index (χ3n) is 3.21. The lowest BCUT2D eigenvalue weighted by molar-refractivity contribution is -0.133. The molecule has 20 heavy (non-hydrogen) atoms. The number of nitrogens with zero attached hydrogens (tertiary/aromatic N) is 2. The summed E-state index contributed by atoms with van der Waals surface area (Å²) in [5.74, 6) is -0.227. The van der Waals surface area contributed by atoms with E-state index < -0.39 is 5.97 Å². The predicted octanol–water partition coefficient (Wildman–Crippen LogP) is 2.48. The zero-order chi connectivity index (χ0) is 15.1. The van der Waals surface area contributed by atoms with Crippen LogP contribution in [-0.2, 0) is 4.74 Å². The molecule has 5 nitrogen and oxygen atoms in total. The van der Waals surface area contributed by atoms with Crippen molar-refractivity contribution >= 4 is 11.8 Å². The van der Waals surface area contributed by atoms with E-state index in [0.29, 0.717) is 24.6 Å². The smallest absolute Gasteiger partial charge is 0.335 e. The van der Waals surface area contributed by atoms with Gasteiger partial charge < -0.3 is 14.7 Å². The summed E-state index contributed by atoms with van der Waals surface area (Å²) in [6.07, 6.45) is 0. The molecule has 1 aliphatic rings. The molecule has 1 aromatic rings. The Bertz CT molecular complexity index is 522. The summed E-state index contributed by atoms with van der Waals surface area (Å²) in [7, 11) is 0. The highest BCUT2D eigenvalue weighted by Crippen LogP contribution is 2.31. The van der Waals surface area contributed by atoms with E-state index in [4.69, 9.17) is 9.84 Å². The Morgan fingerprint density at radius 2 is 1.80 bits per heavy atom. The fraction of sp³-hybridized carbons (Fsp3) is 0.600. The molecule has 1 fully saturated rings. The van der Waals surface area contributed by atoms with Crippen molar-refractivity contribution in [1.82, 2.24) is 4.98 Å². The Hall–Kier alpha value is -1.62. The van der Waals surface area contributed by atoms with Crippen molar-refractivity contribution in [2.75, 3.05) is 18.0 Å². The van der Waals surface area contributed by atoms with Gasteiger partial charge in [-0.05, 0) is 46.8 Å². The van der Waals surface area contributed by atoms with Crippen LogP contribution in [0.2, 0.25) is 0 Å². The lowest BCUT2D eigenvalue weighted by Crippen LogP contribution is -2.57. The summed E-state index contributed by atoms with van der Waals surface area (Å²) in [4.78, 5) is 17.8. The fourth-order valence-corrected chi connectivity index (χ4v) is 2.89. The van der Waals surface area contributed by atoms with Crippen LogP contribution < -0.4 is 4.90 Å². The first-order valence-corrected chi connectivity index (χ1v) is 6.75. The van der Waals surface area contributed by atoms with Crippen LogP contribution in [0.15, 0.2) is 12.1 Å². The number of pyridine rings is 1. The van der Waals surface area contributed by atoms with Crippen molar-refractivity contribution in [3.63, 3.8) is 0 Å². The number of morpholine rings is 1. The zero-order valence-electron chi connectivity index (χ0n) is 12.7. The average molecular weight is 278 g/mol. The maximum atomic E-state index is 11.2. The Balaban J connectivity index is 2.38. The number of rotatable bonds is 2. The Kier molecular flexibility index (Phi) is 3.50. The zero-order valence-corrected chi connectivity index (χ0v) is 12.7. The van der Waals surface area contributed by atoms with Crippen LogP contribution >= 0.6 is 0 Å². The summed E-state index contributed by atoms with van der Waals surface area (Å²) in [6, 6.07) is 3.22. The molecule has 2 rings (SSSR count). The summed E-state index contributed by atoms with van der Waals surface area (Å²) < 4.78 is 6.04. The highest BCUT2D eigenvalue weighted by molar-refractivity contribution is 5.88. The summed E-state index contributed by atoms with van der Waals surface area (Å²) in [5.41, 5.74) is 0.393. The monoisotopic (exact) mass is 278 g/mol. The normalized spacial score (nSPS) is 20.8. The number of aryl methyl sites for hydroxylation is 1. The van der Waals surface area contributed by atoms with Crippen molar-refractivity contribution in [3.05, 3.63) is 23.4 Å². The van der Waals surface area contributed by atoms with Crippen LogP contribution in [0.4, 0.5) is 5.82 Å². The minimum absolute atomic E-state index is 0.273. The first kappa shape index (κ1) is 14.8. The first-order valence-electron chi connectivity index (χ1n) is 6.75. The SMILES string of the molecule is Cc1cc(C(=O)O)cc(N2CC(C)(C)OC(C)(C)C2)n1. The largest absolute Gasteiger partial charge is 0.478 e. The number of aromatic nitrogens is 1. The molecule has 5 heteroatoms. The molecule has 0 aromatic carbocycles. The van der Waals surface area contributed by atoms with E-state index in [2.05, 4.69) is 9.88 Å². The number of aromatic carboxylic acids is 1. The number of hydrogen-bond acceptors (Lipinski definition) is 4. The van der Waals surface area contributed by atoms with Crippen molar-refractivity contribution in [2.24, 2.45) is 0 Å². The van der Waals surface area contributed by atoms with Crippen LogP contribution in [0.1, 0.15) is 43.7 Å². The second kappa shape index (κ2) is 4.74. The van der Waals surface area contributed by atoms with Crippen LogP contribution in [-0.4, -0.2) is 40.4 Å². The van der Waals surface area contributed by atoms with Gasteiger partial charge in [0, 0.05) is 18.8 Å². The molecule has 0 atom stereocenters. The number of ether oxygens (including phenoxy) is 1. The fourth-order valence-electron chi connectivity index (χ4n) is 2.89. The van der Waals surface area contributed by atoms with Crippen molar-refractivity contribution in [3.8, 4) is 0 Å². The standard InChI is InChI=1S/C15H22N2O3/c1-10-6-11(13(18)19)7-12(16-10)17-8-14(2,3)20-15(4,5)9-17/h6-7H,8-9H2,1-5H3,(H,18,19). The second-order valence-corrected chi connectivity index (χ2v) is 6.64. The molecule has 0 bridgehead atoms. The van der Waals surface area contributed by atoms with Crippen molar-refractivity contribution in [2.45, 2.75) is 45.8 Å². The maximum absolute atomic E-state index is 11.2. The molecule has 0 radical (unpaired) electrons. The molecule has 0 saturated carbocycles. The molecule has 0 amide bonds. The Morgan fingerprint density at radius 1 is 1.25 bits per heavy atom. The van der Waals surface area contributed by atoms with Crippen molar-refractivity contribution < 1.29 is 14.6 Å². The van der Waals surface area contributed by atoms with Crippen LogP contribution in [0.3, 0.4) is 0 Å². The molecule has 110 valence electrons. The van der Waals surface area contributed by atoms with E-state index in [1.54, 1.807) is 12.1 Å². The number of carbonyl (C=O) groups is 1. The predicted molar refractivity (Wildman–Crippen MR) is 77.4 cm³/mol. The van der Waals surface area contributed by atoms with Gasteiger partial charge in [0.05, 0.1) is 16.8 Å². The number of hydrogen-bond donors (Lipinski definition) is 1. The first-order chi connectivity index (χ1) is 9.08. The lowest BCUT2D eigenvalue weighted by Gasteiger charge is -2.47. The number of anilines is 1. The molecule has 1 aliphatic heterocycles. The molecule has 1 N–H and O–H groups in total. The van der Waals surface area contributed by atoms with Gasteiger partial charge >= 0.3 is 5.97 Å². The number of carboxylic acids is 1. The highest BCUT2D eigenvalue weighted by atomic mass is 16.5. The minimum atomic E-state index is -0.927. The van der Waals surface area contributed by atoms with Crippen LogP contribution in [0.5, 0.6) is 0 Å². The van der Waals surface area contributed by atoms with Gasteiger partial charge in [-0.25, -0.2) is 9.78 Å². The van der Waals surface area contributed by atoms with Gasteiger partial charge in [-0.2, -0.15) is 0 Å². The third kappa shape index (κ3) is 3.28. The highest BCUT2D eigenvalue weighted by Gasteiger charge is 2.38. The van der Waals surface area contributed by atoms with E-state index in [0.717, 1.165) is 0 Å². The summed E-state index contributed by atoms with van der Waals surface area (Å²) in [6.45, 7) is 11.3. The topological polar surface area (TPSA) is 62.7 Å². The molecule has 2 heterocycles. The van der Waals surface area contributed by atoms with Crippen LogP contribution in [0.25, 0.3) is 0 Å². The molecular weight excluding hydrogens is 256 g/mol. The van der Waals surface area contributed by atoms with Gasteiger partial charge in [0.2, 0.25) is 0 Å². The van der Waals surface area contributed by atoms with Gasteiger partial charge in [0.15, 0.2) is 0 Å². The van der Waals surface area contributed by atoms with E-state index in [9.17, 15) is 4.79 Å². The lowest BCUT2D eigenvalue weighted by atomic mass is 9.99. The maximum Gasteiger partial charge on any atom is 0.335 e. The summed E-state index contributed by atoms with van der Waals surface area (Å²) in [5, 5.41) is 9.17. The van der Waals surface area contributed by atoms with Gasteiger partial charge in [-0.1, -0.05) is 0 Å². The Morgan fingerprint density at radius 3 is 2.30 bits per heavy atom. The Labute approximate surface area is 119 Å². The van der Waals surface area contributed by atoms with Crippen molar-refractivity contribution in [1.29, 1.82) is 0 Å². The molecule has 0 unspecified atom stereocenters. The van der Waals surface area contributed by atoms with E-state index >= 15 is 0 Å². The van der Waals surface area contributed by atoms with Gasteiger partial charge in [0.1, 0.15) is 5.82 Å². The summed E-state index contributed by atoms with van der Waals surface area (Å²) >= 11 is 0. The van der Waals surface area contributed by atoms with Gasteiger partial charge in [-0.15, -0.1) is 0 Å². The molecule has 1 saturated heterocycles. The second-order valence-electron chi connectivity index (χ2n) is 6.64. The average Bonchev–Trinajstić information content (AvgIpc) is 2.23. The third-order valence-corrected chi connectivity index (χ3v) is 3.21. The molecule has 0 spiro atoms. The van der Waals surface area contributed by atoms with E-state index in [1.807, 2.05) is 34.6 Å². The van der Waals surface area contributed by atoms with E-state index in [1.165, 1.54) is 0 Å². The van der Waals surface area contributed by atoms with Gasteiger partial charge in [0.25, 0.3) is 0 Å². The molecule has 0 aliphatic carbocycles. The van der Waals surface area contributed by atoms with E-state index in [-0.39, 0.29) is 16.8 Å². The molecular formula is C15H22N2O3. The van der Waals surface area contributed by atoms with Gasteiger partial charge in [-0.3, -0.25) is 0 Å².